The first-order valence-electron chi connectivity index (χ1n) is 32.4. The maximum Gasteiger partial charge on any atom is 0.326 e. The molecule has 564 valence electrons. The molecule has 1 rings (SSSR count). The molecule has 17 amide bonds. The average Bonchev–Trinajstić information content (AvgIpc) is 0.852. The number of aliphatic hydroxyl groups excluding tert-OH is 1. The molecule has 39 heteroatoms. The van der Waals surface area contributed by atoms with E-state index in [4.69, 9.17) is 40.1 Å². The van der Waals surface area contributed by atoms with Crippen LogP contribution in [-0.4, -0.2) is 208 Å². The summed E-state index contributed by atoms with van der Waals surface area (Å²) in [5.41, 5.74) is 38.8. The molecule has 28 N–H and O–H groups in total. The molecule has 101 heavy (non-hydrogen) atoms. The fourth-order valence-corrected chi connectivity index (χ4v) is 9.46. The molecule has 13 atom stereocenters. The Bertz CT molecular complexity index is 3110. The van der Waals surface area contributed by atoms with Gasteiger partial charge in [-0.15, -0.1) is 0 Å². The lowest BCUT2D eigenvalue weighted by atomic mass is 9.98. The summed E-state index contributed by atoms with van der Waals surface area (Å²) in [5, 5.41) is 48.3. The van der Waals surface area contributed by atoms with E-state index in [-0.39, 0.29) is 44.6 Å². The van der Waals surface area contributed by atoms with Gasteiger partial charge in [0.2, 0.25) is 100 Å². The number of carbonyl (C=O) groups excluding carboxylic acids is 17. The zero-order valence-corrected chi connectivity index (χ0v) is 58.0. The number of hydrogen-bond acceptors (Lipinski definition) is 21. The third-order valence-corrected chi connectivity index (χ3v) is 15.2. The standard InChI is InChI=1S/C62H101N19O20/c1-27(2)46(69)57(95)72-34(18-19-40(64)83)53(91)78-49(30(7)8)60(98)79-47(28(3)4)59(97)76-38(24-43(67)86)56(94)74-37(23-42(66)85)55(93)73-36(22-41(65)84)51(89)70-26-45(88)71-33(17-13-14-20-63)52(90)81-50(31(9)82)61(99)80-48(29(5)6)58(96)75-35(21-32-15-11-10-12-16-32)54(92)77-39(62(100)101)25-44(68)87/h10-12,15-16,27-31,33-39,46-50,82H,13-14,17-26,63,69H2,1-9H3,(H2,64,83)(H2,65,84)(H2,66,85)(H2,67,86)(H2,68,87)(H,70,89)(H,71,88)(H,72,95)(H,73,93)(H,74,94)(H,75,96)(H,76,97)(H,77,92)(H,78,91)(H,79,98)(H,80,99)(H,81,90)(H,100,101)/t31-,33+,34+,35+,36+,37+,38+,39+,46+,47+,48+,49+,50+/m1/s1. The molecule has 0 fully saturated rings. The quantitative estimate of drug-likeness (QED) is 0.0270. The van der Waals surface area contributed by atoms with Gasteiger partial charge >= 0.3 is 5.97 Å². The summed E-state index contributed by atoms with van der Waals surface area (Å²) < 4.78 is 0. The molecule has 0 heterocycles. The van der Waals surface area contributed by atoms with Crippen molar-refractivity contribution in [2.45, 2.75) is 205 Å². The van der Waals surface area contributed by atoms with Crippen LogP contribution in [0.2, 0.25) is 0 Å². The number of unbranched alkanes of at least 4 members (excludes halogenated alkanes) is 1. The highest BCUT2D eigenvalue weighted by atomic mass is 16.4. The summed E-state index contributed by atoms with van der Waals surface area (Å²) in [6.45, 7) is 12.5. The van der Waals surface area contributed by atoms with Crippen LogP contribution in [0.25, 0.3) is 0 Å². The Morgan fingerprint density at radius 1 is 0.376 bits per heavy atom. The van der Waals surface area contributed by atoms with Crippen LogP contribution in [0.5, 0.6) is 0 Å². The Labute approximate surface area is 582 Å². The first-order valence-corrected chi connectivity index (χ1v) is 32.4. The molecular weight excluding hydrogens is 1330 g/mol. The van der Waals surface area contributed by atoms with Crippen LogP contribution in [0, 0.1) is 23.7 Å². The van der Waals surface area contributed by atoms with Crippen molar-refractivity contribution in [3.05, 3.63) is 35.9 Å². The Morgan fingerprint density at radius 3 is 1.13 bits per heavy atom. The minimum Gasteiger partial charge on any atom is -0.480 e. The van der Waals surface area contributed by atoms with Gasteiger partial charge in [0.1, 0.15) is 66.5 Å². The van der Waals surface area contributed by atoms with Gasteiger partial charge in [-0.25, -0.2) is 4.79 Å². The number of nitrogens with one attached hydrogen (secondary N) is 12. The Kier molecular flexibility index (Phi) is 38.5. The van der Waals surface area contributed by atoms with Crippen LogP contribution >= 0.6 is 0 Å². The minimum absolute atomic E-state index is 0.119. The molecule has 0 aliphatic rings. The van der Waals surface area contributed by atoms with E-state index in [9.17, 15) is 96.5 Å². The van der Waals surface area contributed by atoms with Crippen molar-refractivity contribution in [1.29, 1.82) is 0 Å². The number of primary amides is 5. The van der Waals surface area contributed by atoms with Crippen LogP contribution in [0.4, 0.5) is 0 Å². The minimum atomic E-state index is -2.06. The fraction of sp³-hybridized carbons (Fsp3) is 0.613. The smallest absolute Gasteiger partial charge is 0.326 e. The number of benzene rings is 1. The first kappa shape index (κ1) is 88.6. The van der Waals surface area contributed by atoms with Gasteiger partial charge in [-0.1, -0.05) is 85.7 Å². The zero-order chi connectivity index (χ0) is 77.3. The molecule has 0 spiro atoms. The number of aliphatic hydroxyl groups is 1. The van der Waals surface area contributed by atoms with Crippen molar-refractivity contribution in [3.8, 4) is 0 Å². The number of amides is 17. The van der Waals surface area contributed by atoms with E-state index >= 15 is 0 Å². The number of carbonyl (C=O) groups is 18. The molecule has 1 aromatic carbocycles. The largest absolute Gasteiger partial charge is 0.480 e. The van der Waals surface area contributed by atoms with Crippen LogP contribution in [-0.2, 0) is 92.7 Å². The second-order valence-electron chi connectivity index (χ2n) is 25.4. The lowest BCUT2D eigenvalue weighted by molar-refractivity contribution is -0.144. The molecule has 0 bridgehead atoms. The number of aliphatic carboxylic acids is 1. The molecule has 0 unspecified atom stereocenters. The van der Waals surface area contributed by atoms with Gasteiger partial charge < -0.3 is 114 Å². The lowest BCUT2D eigenvalue weighted by Gasteiger charge is -2.30. The molecule has 0 radical (unpaired) electrons. The van der Waals surface area contributed by atoms with Gasteiger partial charge in [-0.05, 0) is 68.4 Å². The van der Waals surface area contributed by atoms with Gasteiger partial charge in [-0.3, -0.25) is 81.5 Å². The van der Waals surface area contributed by atoms with Crippen LogP contribution < -0.4 is 104 Å². The van der Waals surface area contributed by atoms with Crippen molar-refractivity contribution in [1.82, 2.24) is 63.8 Å². The molecule has 0 saturated heterocycles. The molecule has 1 aromatic rings. The first-order chi connectivity index (χ1) is 47.0. The maximum atomic E-state index is 14.0. The van der Waals surface area contributed by atoms with Crippen LogP contribution in [0.15, 0.2) is 30.3 Å². The van der Waals surface area contributed by atoms with E-state index in [0.29, 0.717) is 12.0 Å². The van der Waals surface area contributed by atoms with Crippen molar-refractivity contribution < 1.29 is 96.5 Å². The van der Waals surface area contributed by atoms with Crippen molar-refractivity contribution in [3.63, 3.8) is 0 Å². The number of hydrogen-bond donors (Lipinski definition) is 21. The zero-order valence-electron chi connectivity index (χ0n) is 58.0. The summed E-state index contributed by atoms with van der Waals surface area (Å²) >= 11 is 0. The maximum absolute atomic E-state index is 14.0. The Morgan fingerprint density at radius 2 is 0.723 bits per heavy atom. The SMILES string of the molecule is CC(C)[C@H](N)C(=O)N[C@@H](CCC(N)=O)C(=O)N[C@H](C(=O)N[C@H](C(=O)N[C@@H](CC(N)=O)C(=O)N[C@@H](CC(N)=O)C(=O)N[C@@H](CC(N)=O)C(=O)NCC(=O)N[C@@H](CCCCN)C(=O)N[C@H](C(=O)N[C@H](C(=O)N[C@@H](Cc1ccccc1)C(=O)N[C@@H](CC(N)=O)C(=O)O)C(C)C)[C@@H](C)O)C(C)C)C(C)C. The highest BCUT2D eigenvalue weighted by Crippen LogP contribution is 2.13. The monoisotopic (exact) mass is 1430 g/mol. The summed E-state index contributed by atoms with van der Waals surface area (Å²) in [6.07, 6.45) is -6.05. The highest BCUT2D eigenvalue weighted by molar-refractivity contribution is 6.02. The summed E-state index contributed by atoms with van der Waals surface area (Å²) in [4.78, 5) is 237. The number of rotatable bonds is 47. The Hall–Kier alpha value is -10.4. The summed E-state index contributed by atoms with van der Waals surface area (Å²) in [6, 6.07) is -11.5. The van der Waals surface area contributed by atoms with Crippen LogP contribution in [0.3, 0.4) is 0 Å². The van der Waals surface area contributed by atoms with Gasteiger partial charge in [0.15, 0.2) is 0 Å². The average molecular weight is 1430 g/mol. The molecular formula is C62H101N19O20. The normalized spacial score (nSPS) is 15.0. The van der Waals surface area contributed by atoms with Gasteiger partial charge in [-0.2, -0.15) is 0 Å². The third kappa shape index (κ3) is 32.9. The molecule has 0 aromatic heterocycles. The number of carboxylic acid groups (broad SMARTS) is 1. The molecule has 0 aliphatic heterocycles. The third-order valence-electron chi connectivity index (χ3n) is 15.2. The van der Waals surface area contributed by atoms with Gasteiger partial charge in [0, 0.05) is 12.8 Å². The van der Waals surface area contributed by atoms with Gasteiger partial charge in [0.05, 0.1) is 44.4 Å². The highest BCUT2D eigenvalue weighted by Gasteiger charge is 2.39. The van der Waals surface area contributed by atoms with Crippen molar-refractivity contribution >= 4 is 106 Å². The molecule has 0 saturated carbocycles. The number of nitrogens with two attached hydrogens (primary N) is 7. The predicted molar refractivity (Wildman–Crippen MR) is 358 cm³/mol. The second kappa shape index (κ2) is 43.9. The lowest BCUT2D eigenvalue weighted by Crippen LogP contribution is -2.62. The molecule has 0 aliphatic carbocycles. The predicted octanol–water partition coefficient (Wildman–Crippen LogP) is -9.01. The van der Waals surface area contributed by atoms with E-state index in [2.05, 4.69) is 63.8 Å². The van der Waals surface area contributed by atoms with E-state index in [1.165, 1.54) is 41.5 Å². The fourth-order valence-electron chi connectivity index (χ4n) is 9.46. The van der Waals surface area contributed by atoms with E-state index < -0.39 is 235 Å². The van der Waals surface area contributed by atoms with E-state index in [0.717, 1.165) is 6.92 Å². The Balaban J connectivity index is 3.42. The van der Waals surface area contributed by atoms with E-state index in [1.54, 1.807) is 44.2 Å². The second-order valence-corrected chi connectivity index (χ2v) is 25.4. The van der Waals surface area contributed by atoms with Gasteiger partial charge in [0.25, 0.3) is 0 Å². The number of carboxylic acids is 1. The van der Waals surface area contributed by atoms with Crippen LogP contribution in [0.1, 0.15) is 126 Å². The van der Waals surface area contributed by atoms with Crippen molar-refractivity contribution in [2.75, 3.05) is 13.1 Å². The topological polar surface area (TPSA) is 674 Å². The summed E-state index contributed by atoms with van der Waals surface area (Å²) in [5.74, 6) is -22.9. The summed E-state index contributed by atoms with van der Waals surface area (Å²) in [7, 11) is 0. The van der Waals surface area contributed by atoms with Crippen molar-refractivity contribution in [2.24, 2.45) is 63.8 Å². The van der Waals surface area contributed by atoms with E-state index in [1.807, 2.05) is 0 Å². The molecule has 39 nitrogen and oxygen atoms in total.